The monoisotopic (exact) mass is 428 g/mol. The molecule has 2 aromatic rings. The Morgan fingerprint density at radius 1 is 1.20 bits per heavy atom. The Labute approximate surface area is 181 Å². The van der Waals surface area contributed by atoms with Crippen LogP contribution in [-0.4, -0.2) is 43.6 Å². The van der Waals surface area contributed by atoms with Crippen molar-refractivity contribution in [3.8, 4) is 5.75 Å². The van der Waals surface area contributed by atoms with E-state index in [4.69, 9.17) is 21.1 Å². The summed E-state index contributed by atoms with van der Waals surface area (Å²) in [7, 11) is 2.88. The van der Waals surface area contributed by atoms with Gasteiger partial charge in [0.25, 0.3) is 5.91 Å². The van der Waals surface area contributed by atoms with Crippen LogP contribution in [0.2, 0.25) is 5.02 Å². The number of likely N-dealkylation sites (tertiary alicyclic amines) is 1. The molecule has 1 heterocycles. The summed E-state index contributed by atoms with van der Waals surface area (Å²) in [5.41, 5.74) is 2.43. The maximum absolute atomic E-state index is 12.7. The van der Waals surface area contributed by atoms with Gasteiger partial charge in [-0.25, -0.2) is 4.79 Å². The molecule has 7 heteroatoms. The number of hydrogen-bond acceptors (Lipinski definition) is 5. The Morgan fingerprint density at radius 3 is 2.67 bits per heavy atom. The molecule has 0 aromatic heterocycles. The first kappa shape index (κ1) is 21.7. The normalized spacial score (nSPS) is 17.1. The molecule has 1 aliphatic heterocycles. The summed E-state index contributed by atoms with van der Waals surface area (Å²) in [6.07, 6.45) is 3.09. The third kappa shape index (κ3) is 5.33. The van der Waals surface area contributed by atoms with Crippen LogP contribution < -0.4 is 10.1 Å². The zero-order chi connectivity index (χ0) is 21.5. The van der Waals surface area contributed by atoms with Crippen molar-refractivity contribution in [3.63, 3.8) is 0 Å². The zero-order valence-corrected chi connectivity index (χ0v) is 17.8. The summed E-state index contributed by atoms with van der Waals surface area (Å²) in [6, 6.07) is 15.0. The van der Waals surface area contributed by atoms with Gasteiger partial charge in [-0.1, -0.05) is 41.9 Å². The van der Waals surface area contributed by atoms with Crippen molar-refractivity contribution in [3.05, 3.63) is 76.5 Å². The maximum Gasteiger partial charge on any atom is 0.332 e. The quantitative estimate of drug-likeness (QED) is 0.536. The van der Waals surface area contributed by atoms with Crippen LogP contribution in [0.15, 0.2) is 60.3 Å². The average Bonchev–Trinajstić information content (AvgIpc) is 3.13. The van der Waals surface area contributed by atoms with Gasteiger partial charge in [-0.3, -0.25) is 4.79 Å². The summed E-state index contributed by atoms with van der Waals surface area (Å²) < 4.78 is 10.1. The molecular weight excluding hydrogens is 404 g/mol. The fourth-order valence-electron chi connectivity index (χ4n) is 3.58. The standard InChI is InChI=1S/C23H25ClN2O4/c1-29-21-11-8-17(24)12-20(21)23(28)25-14-19-10-9-18(13-22(27)30-2)26(19)15-16-6-4-3-5-7-16/h3-8,11-13,19H,9-10,14-15H2,1-2H3,(H,25,28)/b18-13+. The number of hydrogen-bond donors (Lipinski definition) is 1. The minimum absolute atomic E-state index is 0.0511. The van der Waals surface area contributed by atoms with Crippen molar-refractivity contribution >= 4 is 23.5 Å². The molecule has 6 nitrogen and oxygen atoms in total. The van der Waals surface area contributed by atoms with Crippen molar-refractivity contribution in [1.82, 2.24) is 10.2 Å². The lowest BCUT2D eigenvalue weighted by molar-refractivity contribution is -0.135. The van der Waals surface area contributed by atoms with Crippen LogP contribution in [-0.2, 0) is 16.1 Å². The Bertz CT molecular complexity index is 930. The molecule has 1 fully saturated rings. The van der Waals surface area contributed by atoms with Gasteiger partial charge in [0.05, 0.1) is 19.8 Å². The van der Waals surface area contributed by atoms with E-state index in [0.717, 1.165) is 24.1 Å². The van der Waals surface area contributed by atoms with E-state index >= 15 is 0 Å². The molecule has 1 N–H and O–H groups in total. The van der Waals surface area contributed by atoms with E-state index in [1.807, 2.05) is 30.3 Å². The van der Waals surface area contributed by atoms with Gasteiger partial charge in [0, 0.05) is 35.9 Å². The molecule has 0 radical (unpaired) electrons. The predicted molar refractivity (Wildman–Crippen MR) is 115 cm³/mol. The van der Waals surface area contributed by atoms with Crippen molar-refractivity contribution < 1.29 is 19.1 Å². The Hall–Kier alpha value is -2.99. The summed E-state index contributed by atoms with van der Waals surface area (Å²) >= 11 is 6.04. The maximum atomic E-state index is 12.7. The lowest BCUT2D eigenvalue weighted by atomic mass is 10.1. The first-order valence-electron chi connectivity index (χ1n) is 9.72. The number of nitrogens with zero attached hydrogens (tertiary/aromatic N) is 1. The fourth-order valence-corrected chi connectivity index (χ4v) is 3.76. The molecule has 30 heavy (non-hydrogen) atoms. The second-order valence-electron chi connectivity index (χ2n) is 7.02. The van der Waals surface area contributed by atoms with Gasteiger partial charge in [0.2, 0.25) is 0 Å². The average molecular weight is 429 g/mol. The third-order valence-electron chi connectivity index (χ3n) is 5.13. The molecule has 1 unspecified atom stereocenters. The number of amides is 1. The van der Waals surface area contributed by atoms with Crippen molar-refractivity contribution in [2.45, 2.75) is 25.4 Å². The molecular formula is C23H25ClN2O4. The highest BCUT2D eigenvalue weighted by atomic mass is 35.5. The topological polar surface area (TPSA) is 67.9 Å². The van der Waals surface area contributed by atoms with E-state index in [1.54, 1.807) is 18.2 Å². The van der Waals surface area contributed by atoms with E-state index in [0.29, 0.717) is 29.4 Å². The van der Waals surface area contributed by atoms with Crippen LogP contribution >= 0.6 is 11.6 Å². The third-order valence-corrected chi connectivity index (χ3v) is 5.36. The number of rotatable bonds is 7. The number of halogens is 1. The highest BCUT2D eigenvalue weighted by Gasteiger charge is 2.29. The highest BCUT2D eigenvalue weighted by molar-refractivity contribution is 6.31. The van der Waals surface area contributed by atoms with Crippen LogP contribution in [0.1, 0.15) is 28.8 Å². The number of carbonyl (C=O) groups is 2. The van der Waals surface area contributed by atoms with Gasteiger partial charge in [-0.05, 0) is 36.6 Å². The van der Waals surface area contributed by atoms with Crippen molar-refractivity contribution in [2.75, 3.05) is 20.8 Å². The van der Waals surface area contributed by atoms with Crippen LogP contribution in [0.3, 0.4) is 0 Å². The molecule has 0 saturated carbocycles. The molecule has 1 aliphatic rings. The molecule has 158 valence electrons. The SMILES string of the molecule is COC(=O)/C=C1\CCC(CNC(=O)c2cc(Cl)ccc2OC)N1Cc1ccccc1. The minimum Gasteiger partial charge on any atom is -0.496 e. The number of benzene rings is 2. The number of esters is 1. The van der Waals surface area contributed by atoms with E-state index in [9.17, 15) is 9.59 Å². The molecule has 1 amide bonds. The van der Waals surface area contributed by atoms with E-state index in [2.05, 4.69) is 10.2 Å². The van der Waals surface area contributed by atoms with E-state index in [1.165, 1.54) is 20.3 Å². The second kappa shape index (κ2) is 10.2. The molecule has 2 aromatic carbocycles. The Balaban J connectivity index is 1.75. The second-order valence-corrected chi connectivity index (χ2v) is 7.46. The number of carbonyl (C=O) groups excluding carboxylic acids is 2. The number of methoxy groups -OCH3 is 2. The van der Waals surface area contributed by atoms with E-state index in [-0.39, 0.29) is 17.9 Å². The summed E-state index contributed by atoms with van der Waals surface area (Å²) in [4.78, 5) is 26.7. The first-order chi connectivity index (χ1) is 14.5. The number of nitrogens with one attached hydrogen (secondary N) is 1. The van der Waals surface area contributed by atoms with E-state index < -0.39 is 0 Å². The smallest absolute Gasteiger partial charge is 0.332 e. The van der Waals surface area contributed by atoms with Crippen LogP contribution in [0.25, 0.3) is 0 Å². The summed E-state index contributed by atoms with van der Waals surface area (Å²) in [6.45, 7) is 1.07. The lowest BCUT2D eigenvalue weighted by Crippen LogP contribution is -2.39. The minimum atomic E-state index is -0.378. The zero-order valence-electron chi connectivity index (χ0n) is 17.1. The van der Waals surface area contributed by atoms with Crippen LogP contribution in [0.4, 0.5) is 0 Å². The fraction of sp³-hybridized carbons (Fsp3) is 0.304. The Morgan fingerprint density at radius 2 is 1.97 bits per heavy atom. The van der Waals surface area contributed by atoms with Gasteiger partial charge in [-0.15, -0.1) is 0 Å². The highest BCUT2D eigenvalue weighted by Crippen LogP contribution is 2.29. The van der Waals surface area contributed by atoms with Crippen molar-refractivity contribution in [2.24, 2.45) is 0 Å². The van der Waals surface area contributed by atoms with Gasteiger partial charge < -0.3 is 19.7 Å². The molecule has 0 bridgehead atoms. The van der Waals surface area contributed by atoms with Gasteiger partial charge >= 0.3 is 5.97 Å². The number of ether oxygens (including phenoxy) is 2. The predicted octanol–water partition coefficient (Wildman–Crippen LogP) is 3.80. The molecule has 0 aliphatic carbocycles. The van der Waals surface area contributed by atoms with Crippen LogP contribution in [0, 0.1) is 0 Å². The largest absolute Gasteiger partial charge is 0.496 e. The lowest BCUT2D eigenvalue weighted by Gasteiger charge is -2.28. The van der Waals surface area contributed by atoms with Gasteiger partial charge in [-0.2, -0.15) is 0 Å². The molecule has 0 spiro atoms. The van der Waals surface area contributed by atoms with Crippen LogP contribution in [0.5, 0.6) is 5.75 Å². The number of allylic oxidation sites excluding steroid dienone is 1. The van der Waals surface area contributed by atoms with Gasteiger partial charge in [0.15, 0.2) is 0 Å². The molecule has 1 atom stereocenters. The van der Waals surface area contributed by atoms with Gasteiger partial charge in [0.1, 0.15) is 5.75 Å². The Kier molecular flexibility index (Phi) is 7.36. The first-order valence-corrected chi connectivity index (χ1v) is 10.1. The molecule has 1 saturated heterocycles. The summed E-state index contributed by atoms with van der Waals surface area (Å²) in [5.74, 6) is -0.161. The molecule has 3 rings (SSSR count). The van der Waals surface area contributed by atoms with Crippen molar-refractivity contribution in [1.29, 1.82) is 0 Å². The summed E-state index contributed by atoms with van der Waals surface area (Å²) in [5, 5.41) is 3.45.